The lowest BCUT2D eigenvalue weighted by molar-refractivity contribution is 0.0631. The number of aromatic nitrogens is 2. The van der Waals surface area contributed by atoms with E-state index in [-0.39, 0.29) is 35.6 Å². The van der Waals surface area contributed by atoms with Crippen molar-refractivity contribution in [3.05, 3.63) is 77.8 Å². The highest BCUT2D eigenvalue weighted by Crippen LogP contribution is 2.35. The maximum Gasteiger partial charge on any atom is 0.315 e. The molecule has 3 amide bonds. The molecule has 2 aromatic carbocycles. The van der Waals surface area contributed by atoms with Gasteiger partial charge in [0.25, 0.3) is 5.91 Å². The number of urea groups is 1. The summed E-state index contributed by atoms with van der Waals surface area (Å²) in [5.41, 5.74) is 2.04. The highest BCUT2D eigenvalue weighted by Gasteiger charge is 2.35. The lowest BCUT2D eigenvalue weighted by atomic mass is 9.89. The molecule has 42 heavy (non-hydrogen) atoms. The minimum Gasteiger partial charge on any atom is -0.334 e. The van der Waals surface area contributed by atoms with Crippen molar-refractivity contribution in [2.45, 2.75) is 76.5 Å². The van der Waals surface area contributed by atoms with Gasteiger partial charge in [-0.25, -0.2) is 18.6 Å². The van der Waals surface area contributed by atoms with Crippen LogP contribution in [0.1, 0.15) is 68.5 Å². The van der Waals surface area contributed by atoms with Crippen molar-refractivity contribution in [2.75, 3.05) is 19.6 Å². The molecule has 2 heterocycles. The molecule has 1 saturated carbocycles. The van der Waals surface area contributed by atoms with E-state index in [1.807, 2.05) is 51.1 Å². The van der Waals surface area contributed by atoms with E-state index in [1.54, 1.807) is 11.2 Å². The third-order valence-electron chi connectivity index (χ3n) is 7.94. The number of imidazole rings is 1. The average molecular weight is 579 g/mol. The fourth-order valence-electron chi connectivity index (χ4n) is 6.16. The Bertz CT molecular complexity index is 1380. The normalized spacial score (nSPS) is 21.2. The average Bonchev–Trinajstić information content (AvgIpc) is 3.37. The van der Waals surface area contributed by atoms with Gasteiger partial charge >= 0.3 is 6.03 Å². The molecule has 2 fully saturated rings. The quantitative estimate of drug-likeness (QED) is 0.381. The molecule has 1 aliphatic carbocycles. The molecule has 1 aromatic heterocycles. The van der Waals surface area contributed by atoms with Crippen LogP contribution in [-0.4, -0.2) is 63.6 Å². The molecule has 0 spiro atoms. The standard InChI is InChI=1S/C32H40F2N6O2/c1-32(2,3)38-31(42)37-26-11-7-8-12-27(26)40-20-36-28(29(40)22-9-5-4-6-10-22)30(41)39-14-13-35-19-25(39)17-21-15-23(33)18-24(34)16-21/h4-6,9-10,15-16,18,20,25-27,35H,7-8,11-14,17,19H2,1-3H3,(H2,37,38,42)/t25-,26?,27?/m0/s1. The van der Waals surface area contributed by atoms with Crippen LogP contribution in [0.4, 0.5) is 13.6 Å². The number of nitrogens with one attached hydrogen (secondary N) is 3. The van der Waals surface area contributed by atoms with Crippen LogP contribution in [0.15, 0.2) is 54.9 Å². The Morgan fingerprint density at radius 1 is 1.05 bits per heavy atom. The number of nitrogens with zero attached hydrogens (tertiary/aromatic N) is 3. The largest absolute Gasteiger partial charge is 0.334 e. The molecule has 0 bridgehead atoms. The highest BCUT2D eigenvalue weighted by atomic mass is 19.1. The van der Waals surface area contributed by atoms with Gasteiger partial charge in [-0.3, -0.25) is 4.79 Å². The molecule has 0 radical (unpaired) electrons. The van der Waals surface area contributed by atoms with Crippen molar-refractivity contribution >= 4 is 11.9 Å². The van der Waals surface area contributed by atoms with E-state index >= 15 is 0 Å². The predicted octanol–water partition coefficient (Wildman–Crippen LogP) is 5.07. The molecule has 3 N–H and O–H groups in total. The maximum absolute atomic E-state index is 14.2. The number of hydrogen-bond donors (Lipinski definition) is 3. The molecular formula is C32H40F2N6O2. The Kier molecular flexibility index (Phi) is 8.91. The van der Waals surface area contributed by atoms with Gasteiger partial charge in [-0.1, -0.05) is 43.2 Å². The summed E-state index contributed by atoms with van der Waals surface area (Å²) >= 11 is 0. The predicted molar refractivity (Wildman–Crippen MR) is 158 cm³/mol. The van der Waals surface area contributed by atoms with Crippen LogP contribution in [0.2, 0.25) is 0 Å². The van der Waals surface area contributed by atoms with Crippen molar-refractivity contribution in [1.29, 1.82) is 0 Å². The molecule has 5 rings (SSSR count). The number of amides is 3. The van der Waals surface area contributed by atoms with Crippen LogP contribution in [0.25, 0.3) is 11.3 Å². The summed E-state index contributed by atoms with van der Waals surface area (Å²) in [5.74, 6) is -1.49. The molecule has 1 saturated heterocycles. The van der Waals surface area contributed by atoms with Gasteiger partial charge in [0.05, 0.1) is 24.1 Å². The number of piperazine rings is 1. The van der Waals surface area contributed by atoms with Crippen LogP contribution in [-0.2, 0) is 6.42 Å². The lowest BCUT2D eigenvalue weighted by Gasteiger charge is -2.37. The van der Waals surface area contributed by atoms with Crippen LogP contribution in [0.5, 0.6) is 0 Å². The van der Waals surface area contributed by atoms with Gasteiger partial charge in [0, 0.05) is 42.8 Å². The van der Waals surface area contributed by atoms with E-state index in [2.05, 4.69) is 25.5 Å². The molecule has 1 aliphatic heterocycles. The van der Waals surface area contributed by atoms with Crippen LogP contribution < -0.4 is 16.0 Å². The van der Waals surface area contributed by atoms with E-state index < -0.39 is 11.6 Å². The first-order valence-electron chi connectivity index (χ1n) is 14.8. The number of rotatable bonds is 6. The van der Waals surface area contributed by atoms with Crippen molar-refractivity contribution in [3.8, 4) is 11.3 Å². The van der Waals surface area contributed by atoms with E-state index in [0.717, 1.165) is 37.3 Å². The summed E-state index contributed by atoms with van der Waals surface area (Å²) in [5, 5.41) is 9.49. The van der Waals surface area contributed by atoms with Crippen LogP contribution >= 0.6 is 0 Å². The smallest absolute Gasteiger partial charge is 0.315 e. The zero-order chi connectivity index (χ0) is 29.9. The van der Waals surface area contributed by atoms with Gasteiger partial charge in [0.2, 0.25) is 0 Å². The summed E-state index contributed by atoms with van der Waals surface area (Å²) < 4.78 is 29.9. The van der Waals surface area contributed by atoms with Gasteiger partial charge in [-0.15, -0.1) is 0 Å². The van der Waals surface area contributed by atoms with Crippen molar-refractivity contribution < 1.29 is 18.4 Å². The molecule has 2 aliphatic rings. The Morgan fingerprint density at radius 3 is 2.48 bits per heavy atom. The number of benzene rings is 2. The monoisotopic (exact) mass is 578 g/mol. The molecule has 2 unspecified atom stereocenters. The maximum atomic E-state index is 14.2. The SMILES string of the molecule is CC(C)(C)NC(=O)NC1CCCCC1n1cnc(C(=O)N2CCNC[C@@H]2Cc2cc(F)cc(F)c2)c1-c1ccccc1. The molecule has 8 nitrogen and oxygen atoms in total. The van der Waals surface area contributed by atoms with Gasteiger partial charge in [-0.05, 0) is 57.7 Å². The molecule has 224 valence electrons. The Labute approximate surface area is 245 Å². The summed E-state index contributed by atoms with van der Waals surface area (Å²) in [6.45, 7) is 7.39. The van der Waals surface area contributed by atoms with Crippen molar-refractivity contribution in [1.82, 2.24) is 30.4 Å². The number of carbonyl (C=O) groups is 2. The molecule has 3 atom stereocenters. The lowest BCUT2D eigenvalue weighted by Crippen LogP contribution is -2.54. The zero-order valence-corrected chi connectivity index (χ0v) is 24.5. The summed E-state index contributed by atoms with van der Waals surface area (Å²) in [7, 11) is 0. The minimum atomic E-state index is -0.636. The van der Waals surface area contributed by atoms with E-state index in [0.29, 0.717) is 43.0 Å². The van der Waals surface area contributed by atoms with Gasteiger partial charge < -0.3 is 25.4 Å². The molecule has 3 aromatic rings. The number of carbonyl (C=O) groups excluding carboxylic acids is 2. The first kappa shape index (κ1) is 29.7. The van der Waals surface area contributed by atoms with Crippen molar-refractivity contribution in [3.63, 3.8) is 0 Å². The third-order valence-corrected chi connectivity index (χ3v) is 7.94. The van der Waals surface area contributed by atoms with Crippen molar-refractivity contribution in [2.24, 2.45) is 0 Å². The first-order valence-corrected chi connectivity index (χ1v) is 14.8. The number of hydrogen-bond acceptors (Lipinski definition) is 4. The van der Waals surface area contributed by atoms with Gasteiger partial charge in [0.15, 0.2) is 5.69 Å². The van der Waals surface area contributed by atoms with Gasteiger partial charge in [-0.2, -0.15) is 0 Å². The van der Waals surface area contributed by atoms with Crippen LogP contribution in [0.3, 0.4) is 0 Å². The Balaban J connectivity index is 1.47. The van der Waals surface area contributed by atoms with Gasteiger partial charge in [0.1, 0.15) is 11.6 Å². The first-order chi connectivity index (χ1) is 20.1. The summed E-state index contributed by atoms with van der Waals surface area (Å²) in [4.78, 5) is 33.5. The summed E-state index contributed by atoms with van der Waals surface area (Å²) in [6.07, 6.45) is 5.70. The second-order valence-electron chi connectivity index (χ2n) is 12.4. The highest BCUT2D eigenvalue weighted by molar-refractivity contribution is 5.98. The van der Waals surface area contributed by atoms with Crippen LogP contribution in [0, 0.1) is 11.6 Å². The second-order valence-corrected chi connectivity index (χ2v) is 12.4. The Hall–Kier alpha value is -3.79. The molecular weight excluding hydrogens is 538 g/mol. The summed E-state index contributed by atoms with van der Waals surface area (Å²) in [6, 6.07) is 12.5. The third kappa shape index (κ3) is 6.98. The fourth-order valence-corrected chi connectivity index (χ4v) is 6.16. The van der Waals surface area contributed by atoms with E-state index in [4.69, 9.17) is 0 Å². The number of halogens is 2. The fraction of sp³-hybridized carbons (Fsp3) is 0.469. The Morgan fingerprint density at radius 2 is 1.76 bits per heavy atom. The second kappa shape index (κ2) is 12.6. The minimum absolute atomic E-state index is 0.0807. The topological polar surface area (TPSA) is 91.3 Å². The zero-order valence-electron chi connectivity index (χ0n) is 24.5. The molecule has 10 heteroatoms. The van der Waals surface area contributed by atoms with E-state index in [1.165, 1.54) is 12.1 Å². The van der Waals surface area contributed by atoms with E-state index in [9.17, 15) is 18.4 Å².